The van der Waals surface area contributed by atoms with E-state index in [4.69, 9.17) is 4.74 Å². The topological polar surface area (TPSA) is 74.4 Å². The average Bonchev–Trinajstić information content (AvgIpc) is 3.28. The third-order valence-electron chi connectivity index (χ3n) is 5.26. The van der Waals surface area contributed by atoms with Crippen LogP contribution in [0.25, 0.3) is 0 Å². The Hall–Kier alpha value is -2.12. The third-order valence-corrected chi connectivity index (χ3v) is 6.12. The minimum atomic E-state index is -0.385. The molecule has 1 aliphatic rings. The van der Waals surface area contributed by atoms with E-state index in [1.807, 2.05) is 0 Å². The molecule has 1 atom stereocenters. The van der Waals surface area contributed by atoms with Crippen LogP contribution in [-0.2, 0) is 11.3 Å². The number of likely N-dealkylation sites (tertiary alicyclic amines) is 1. The first-order valence-corrected chi connectivity index (χ1v) is 10.8. The van der Waals surface area contributed by atoms with Crippen LogP contribution in [0.3, 0.4) is 0 Å². The van der Waals surface area contributed by atoms with Crippen LogP contribution >= 0.6 is 11.3 Å². The molecule has 1 unspecified atom stereocenters. The van der Waals surface area contributed by atoms with E-state index in [9.17, 15) is 9.59 Å². The van der Waals surface area contributed by atoms with Gasteiger partial charge in [0, 0.05) is 30.2 Å². The molecule has 1 fully saturated rings. The molecule has 0 spiro atoms. The van der Waals surface area contributed by atoms with Gasteiger partial charge in [-0.15, -0.1) is 11.3 Å². The van der Waals surface area contributed by atoms with Crippen molar-refractivity contribution in [2.45, 2.75) is 40.2 Å². The van der Waals surface area contributed by atoms with Crippen molar-refractivity contribution in [3.05, 3.63) is 44.9 Å². The van der Waals surface area contributed by atoms with E-state index >= 15 is 0 Å². The SMILES string of the molecule is CCOC(=O)c1c(C)[nH]c(C(=O)NCC2CCCN(Cc3cccs3)C2)c1C. The zero-order chi connectivity index (χ0) is 20.1. The molecule has 7 heteroatoms. The first-order valence-electron chi connectivity index (χ1n) is 9.88. The zero-order valence-corrected chi connectivity index (χ0v) is 17.7. The molecule has 0 aromatic carbocycles. The van der Waals surface area contributed by atoms with E-state index in [-0.39, 0.29) is 11.9 Å². The summed E-state index contributed by atoms with van der Waals surface area (Å²) < 4.78 is 5.10. The molecule has 6 nitrogen and oxygen atoms in total. The summed E-state index contributed by atoms with van der Waals surface area (Å²) in [5.41, 5.74) is 2.23. The minimum absolute atomic E-state index is 0.161. The van der Waals surface area contributed by atoms with Crippen LogP contribution in [0.1, 0.15) is 56.7 Å². The first kappa shape index (κ1) is 20.6. The summed E-state index contributed by atoms with van der Waals surface area (Å²) in [6.45, 7) is 9.40. The van der Waals surface area contributed by atoms with E-state index < -0.39 is 0 Å². The number of piperidine rings is 1. The van der Waals surface area contributed by atoms with E-state index in [1.165, 1.54) is 4.88 Å². The molecule has 3 heterocycles. The second-order valence-corrected chi connectivity index (χ2v) is 8.41. The van der Waals surface area contributed by atoms with Crippen molar-refractivity contribution >= 4 is 23.2 Å². The molecule has 0 bridgehead atoms. The molecule has 1 amide bonds. The number of rotatable bonds is 7. The highest BCUT2D eigenvalue weighted by Gasteiger charge is 2.24. The van der Waals surface area contributed by atoms with Gasteiger partial charge in [-0.25, -0.2) is 4.79 Å². The summed E-state index contributed by atoms with van der Waals surface area (Å²) in [5, 5.41) is 5.17. The molecule has 152 valence electrons. The lowest BCUT2D eigenvalue weighted by molar-refractivity contribution is 0.0525. The minimum Gasteiger partial charge on any atom is -0.462 e. The first-order chi connectivity index (χ1) is 13.5. The van der Waals surface area contributed by atoms with Gasteiger partial charge >= 0.3 is 5.97 Å². The number of carbonyl (C=O) groups excluding carboxylic acids is 2. The Morgan fingerprint density at radius 3 is 2.93 bits per heavy atom. The quantitative estimate of drug-likeness (QED) is 0.694. The molecule has 1 saturated heterocycles. The van der Waals surface area contributed by atoms with Gasteiger partial charge < -0.3 is 15.0 Å². The lowest BCUT2D eigenvalue weighted by Crippen LogP contribution is -2.40. The van der Waals surface area contributed by atoms with Gasteiger partial charge in [-0.1, -0.05) is 6.07 Å². The molecular weight excluding hydrogens is 374 g/mol. The summed E-state index contributed by atoms with van der Waals surface area (Å²) in [7, 11) is 0. The molecule has 2 aromatic heterocycles. The molecule has 28 heavy (non-hydrogen) atoms. The number of nitrogens with zero attached hydrogens (tertiary/aromatic N) is 1. The Labute approximate surface area is 170 Å². The predicted octanol–water partition coefficient (Wildman–Crippen LogP) is 3.51. The molecule has 0 radical (unpaired) electrons. The van der Waals surface area contributed by atoms with Crippen LogP contribution in [0.4, 0.5) is 0 Å². The van der Waals surface area contributed by atoms with Crippen molar-refractivity contribution in [3.8, 4) is 0 Å². The van der Waals surface area contributed by atoms with Crippen LogP contribution in [0.5, 0.6) is 0 Å². The van der Waals surface area contributed by atoms with Gasteiger partial charge in [0.2, 0.25) is 0 Å². The monoisotopic (exact) mass is 403 g/mol. The highest BCUT2D eigenvalue weighted by molar-refractivity contribution is 7.09. The van der Waals surface area contributed by atoms with E-state index in [0.29, 0.717) is 41.6 Å². The largest absolute Gasteiger partial charge is 0.462 e. The highest BCUT2D eigenvalue weighted by Crippen LogP contribution is 2.21. The Morgan fingerprint density at radius 2 is 2.21 bits per heavy atom. The van der Waals surface area contributed by atoms with Gasteiger partial charge in [0.05, 0.1) is 12.2 Å². The Bertz CT molecular complexity index is 813. The highest BCUT2D eigenvalue weighted by atomic mass is 32.1. The Kier molecular flexibility index (Phi) is 6.91. The maximum atomic E-state index is 12.7. The number of carbonyl (C=O) groups is 2. The Morgan fingerprint density at radius 1 is 1.39 bits per heavy atom. The number of aromatic nitrogens is 1. The van der Waals surface area contributed by atoms with E-state index in [0.717, 1.165) is 32.5 Å². The lowest BCUT2D eigenvalue weighted by atomic mass is 9.98. The molecule has 2 N–H and O–H groups in total. The average molecular weight is 404 g/mol. The normalized spacial score (nSPS) is 17.5. The molecule has 2 aromatic rings. The number of H-pyrrole nitrogens is 1. The third kappa shape index (κ3) is 4.83. The zero-order valence-electron chi connectivity index (χ0n) is 16.8. The maximum Gasteiger partial charge on any atom is 0.340 e. The van der Waals surface area contributed by atoms with Crippen molar-refractivity contribution in [1.82, 2.24) is 15.2 Å². The fraction of sp³-hybridized carbons (Fsp3) is 0.524. The van der Waals surface area contributed by atoms with Crippen molar-refractivity contribution in [2.75, 3.05) is 26.2 Å². The van der Waals surface area contributed by atoms with E-state index in [1.54, 1.807) is 32.1 Å². The number of aryl methyl sites for hydroxylation is 1. The fourth-order valence-corrected chi connectivity index (χ4v) is 4.64. The summed E-state index contributed by atoms with van der Waals surface area (Å²) in [5.74, 6) is -0.102. The number of nitrogens with one attached hydrogen (secondary N) is 2. The fourth-order valence-electron chi connectivity index (χ4n) is 3.90. The van der Waals surface area contributed by atoms with E-state index in [2.05, 4.69) is 32.7 Å². The number of esters is 1. The summed E-state index contributed by atoms with van der Waals surface area (Å²) in [6, 6.07) is 4.26. The summed E-state index contributed by atoms with van der Waals surface area (Å²) in [4.78, 5) is 31.7. The van der Waals surface area contributed by atoms with Crippen molar-refractivity contribution in [1.29, 1.82) is 0 Å². The number of amides is 1. The Balaban J connectivity index is 1.56. The predicted molar refractivity (Wildman–Crippen MR) is 111 cm³/mol. The smallest absolute Gasteiger partial charge is 0.340 e. The number of ether oxygens (including phenoxy) is 1. The summed E-state index contributed by atoms with van der Waals surface area (Å²) in [6.07, 6.45) is 2.28. The second kappa shape index (κ2) is 9.39. The van der Waals surface area contributed by atoms with Crippen molar-refractivity contribution in [3.63, 3.8) is 0 Å². The number of hydrogen-bond donors (Lipinski definition) is 2. The number of aromatic amines is 1. The van der Waals surface area contributed by atoms with Crippen LogP contribution in [0, 0.1) is 19.8 Å². The lowest BCUT2D eigenvalue weighted by Gasteiger charge is -2.32. The molecular formula is C21H29N3O3S. The standard InChI is InChI=1S/C21H29N3O3S/c1-4-27-21(26)18-14(2)19(23-15(18)3)20(25)22-11-16-7-5-9-24(12-16)13-17-8-6-10-28-17/h6,8,10,16,23H,4-5,7,9,11-13H2,1-3H3,(H,22,25). The van der Waals surface area contributed by atoms with Crippen LogP contribution in [0.15, 0.2) is 17.5 Å². The van der Waals surface area contributed by atoms with Crippen LogP contribution in [0.2, 0.25) is 0 Å². The van der Waals surface area contributed by atoms with Gasteiger partial charge in [0.15, 0.2) is 0 Å². The van der Waals surface area contributed by atoms with Gasteiger partial charge in [-0.05, 0) is 63.1 Å². The number of thiophene rings is 1. The van der Waals surface area contributed by atoms with Crippen molar-refractivity contribution < 1.29 is 14.3 Å². The van der Waals surface area contributed by atoms with Crippen molar-refractivity contribution in [2.24, 2.45) is 5.92 Å². The summed E-state index contributed by atoms with van der Waals surface area (Å²) >= 11 is 1.79. The molecule has 0 aliphatic carbocycles. The van der Waals surface area contributed by atoms with Gasteiger partial charge in [-0.2, -0.15) is 0 Å². The molecule has 3 rings (SSSR count). The van der Waals surface area contributed by atoms with Gasteiger partial charge in [0.25, 0.3) is 5.91 Å². The van der Waals surface area contributed by atoms with Crippen LogP contribution in [-0.4, -0.2) is 48.0 Å². The van der Waals surface area contributed by atoms with Gasteiger partial charge in [0.1, 0.15) is 5.69 Å². The van der Waals surface area contributed by atoms with Crippen LogP contribution < -0.4 is 5.32 Å². The maximum absolute atomic E-state index is 12.7. The molecule has 1 aliphatic heterocycles. The molecule has 0 saturated carbocycles. The number of hydrogen-bond acceptors (Lipinski definition) is 5. The second-order valence-electron chi connectivity index (χ2n) is 7.38. The van der Waals surface area contributed by atoms with Gasteiger partial charge in [-0.3, -0.25) is 9.69 Å².